The summed E-state index contributed by atoms with van der Waals surface area (Å²) < 4.78 is 6.60. The van der Waals surface area contributed by atoms with Crippen LogP contribution in [0.1, 0.15) is 35.6 Å². The SMILES string of the molecule is Cc1ccc(C(O)=C2C(=O)C(=O)N(C[C@@H]3CCCO3)[C@H]2c2ccc(Br)cc2)cc1. The van der Waals surface area contributed by atoms with Gasteiger partial charge in [-0.15, -0.1) is 0 Å². The van der Waals surface area contributed by atoms with Gasteiger partial charge in [0, 0.05) is 23.2 Å². The number of Topliss-reactive ketones (excluding diaryl/α,β-unsaturated/α-hetero) is 1. The van der Waals surface area contributed by atoms with Gasteiger partial charge in [-0.25, -0.2) is 0 Å². The van der Waals surface area contributed by atoms with Gasteiger partial charge in [0.2, 0.25) is 0 Å². The molecule has 2 aliphatic heterocycles. The average molecular weight is 456 g/mol. The van der Waals surface area contributed by atoms with Gasteiger partial charge in [0.15, 0.2) is 0 Å². The molecule has 2 saturated heterocycles. The molecule has 0 aliphatic carbocycles. The topological polar surface area (TPSA) is 66.8 Å². The predicted molar refractivity (Wildman–Crippen MR) is 113 cm³/mol. The molecule has 1 amide bonds. The van der Waals surface area contributed by atoms with Crippen molar-refractivity contribution in [2.24, 2.45) is 0 Å². The van der Waals surface area contributed by atoms with Gasteiger partial charge in [0.1, 0.15) is 5.76 Å². The van der Waals surface area contributed by atoms with Crippen molar-refractivity contribution in [3.8, 4) is 0 Å². The van der Waals surface area contributed by atoms with Crippen molar-refractivity contribution >= 4 is 33.4 Å². The van der Waals surface area contributed by atoms with E-state index >= 15 is 0 Å². The van der Waals surface area contributed by atoms with Crippen LogP contribution < -0.4 is 0 Å². The van der Waals surface area contributed by atoms with Gasteiger partial charge in [-0.05, 0) is 37.5 Å². The number of aliphatic hydroxyl groups excluding tert-OH is 1. The Labute approximate surface area is 178 Å². The van der Waals surface area contributed by atoms with Crippen molar-refractivity contribution in [3.05, 3.63) is 75.3 Å². The molecule has 0 unspecified atom stereocenters. The fraction of sp³-hybridized carbons (Fsp3) is 0.304. The van der Waals surface area contributed by atoms with Crippen LogP contribution >= 0.6 is 15.9 Å². The Kier molecular flexibility index (Phi) is 5.56. The molecule has 2 fully saturated rings. The van der Waals surface area contributed by atoms with E-state index in [4.69, 9.17) is 4.74 Å². The molecule has 4 rings (SSSR count). The van der Waals surface area contributed by atoms with Gasteiger partial charge >= 0.3 is 0 Å². The summed E-state index contributed by atoms with van der Waals surface area (Å²) in [7, 11) is 0. The zero-order valence-corrected chi connectivity index (χ0v) is 17.7. The molecule has 0 spiro atoms. The number of rotatable bonds is 4. The quantitative estimate of drug-likeness (QED) is 0.422. The van der Waals surface area contributed by atoms with Crippen molar-refractivity contribution in [3.63, 3.8) is 0 Å². The summed E-state index contributed by atoms with van der Waals surface area (Å²) in [4.78, 5) is 27.4. The lowest BCUT2D eigenvalue weighted by atomic mass is 9.95. The fourth-order valence-corrected chi connectivity index (χ4v) is 4.20. The highest BCUT2D eigenvalue weighted by atomic mass is 79.9. The summed E-state index contributed by atoms with van der Waals surface area (Å²) in [5.41, 5.74) is 2.47. The van der Waals surface area contributed by atoms with Crippen molar-refractivity contribution in [1.29, 1.82) is 0 Å². The highest BCUT2D eigenvalue weighted by molar-refractivity contribution is 9.10. The maximum absolute atomic E-state index is 13.0. The number of ketones is 1. The lowest BCUT2D eigenvalue weighted by Gasteiger charge is -2.27. The van der Waals surface area contributed by atoms with Crippen LogP contribution in [-0.2, 0) is 14.3 Å². The minimum atomic E-state index is -0.658. The lowest BCUT2D eigenvalue weighted by Crippen LogP contribution is -2.36. The minimum Gasteiger partial charge on any atom is -0.507 e. The molecule has 2 aromatic rings. The van der Waals surface area contributed by atoms with E-state index in [1.807, 2.05) is 43.3 Å². The molecule has 29 heavy (non-hydrogen) atoms. The molecule has 0 saturated carbocycles. The van der Waals surface area contributed by atoms with Crippen LogP contribution in [0.3, 0.4) is 0 Å². The summed E-state index contributed by atoms with van der Waals surface area (Å²) in [6.45, 7) is 2.95. The van der Waals surface area contributed by atoms with Gasteiger partial charge in [0.25, 0.3) is 11.7 Å². The van der Waals surface area contributed by atoms with E-state index in [-0.39, 0.29) is 17.4 Å². The number of carbonyl (C=O) groups is 2. The molecular weight excluding hydrogens is 434 g/mol. The number of hydrogen-bond donors (Lipinski definition) is 1. The van der Waals surface area contributed by atoms with Gasteiger partial charge in [-0.1, -0.05) is 57.9 Å². The molecule has 0 aromatic heterocycles. The van der Waals surface area contributed by atoms with Crippen LogP contribution in [0.15, 0.2) is 58.6 Å². The first-order valence-electron chi connectivity index (χ1n) is 9.68. The summed E-state index contributed by atoms with van der Waals surface area (Å²) in [6.07, 6.45) is 1.71. The Morgan fingerprint density at radius 2 is 1.83 bits per heavy atom. The van der Waals surface area contributed by atoms with Crippen LogP contribution in [0, 0.1) is 6.92 Å². The normalized spacial score (nSPS) is 23.7. The maximum Gasteiger partial charge on any atom is 0.295 e. The van der Waals surface area contributed by atoms with Gasteiger partial charge in [-0.3, -0.25) is 9.59 Å². The highest BCUT2D eigenvalue weighted by Crippen LogP contribution is 2.40. The van der Waals surface area contributed by atoms with Gasteiger partial charge in [-0.2, -0.15) is 0 Å². The number of likely N-dealkylation sites (tertiary alicyclic amines) is 1. The first-order chi connectivity index (χ1) is 14.0. The monoisotopic (exact) mass is 455 g/mol. The smallest absolute Gasteiger partial charge is 0.295 e. The molecule has 2 aromatic carbocycles. The summed E-state index contributed by atoms with van der Waals surface area (Å²) in [5.74, 6) is -1.40. The van der Waals surface area contributed by atoms with Crippen molar-refractivity contribution in [2.75, 3.05) is 13.2 Å². The van der Waals surface area contributed by atoms with Crippen LogP contribution in [0.2, 0.25) is 0 Å². The van der Waals surface area contributed by atoms with E-state index in [0.717, 1.165) is 28.4 Å². The zero-order valence-electron chi connectivity index (χ0n) is 16.1. The fourth-order valence-electron chi connectivity index (χ4n) is 3.93. The molecule has 2 aliphatic rings. The third-order valence-electron chi connectivity index (χ3n) is 5.48. The number of aryl methyl sites for hydroxylation is 1. The highest BCUT2D eigenvalue weighted by Gasteiger charge is 2.47. The first-order valence-corrected chi connectivity index (χ1v) is 10.5. The number of nitrogens with zero attached hydrogens (tertiary/aromatic N) is 1. The van der Waals surface area contributed by atoms with E-state index in [0.29, 0.717) is 18.7 Å². The lowest BCUT2D eigenvalue weighted by molar-refractivity contribution is -0.140. The summed E-state index contributed by atoms with van der Waals surface area (Å²) >= 11 is 3.42. The second-order valence-electron chi connectivity index (χ2n) is 7.50. The van der Waals surface area contributed by atoms with Crippen LogP contribution in [0.5, 0.6) is 0 Å². The van der Waals surface area contributed by atoms with E-state index in [2.05, 4.69) is 15.9 Å². The van der Waals surface area contributed by atoms with E-state index in [9.17, 15) is 14.7 Å². The van der Waals surface area contributed by atoms with E-state index < -0.39 is 17.7 Å². The molecule has 1 N–H and O–H groups in total. The van der Waals surface area contributed by atoms with Crippen molar-refractivity contribution in [2.45, 2.75) is 31.9 Å². The standard InChI is InChI=1S/C23H22BrNO4/c1-14-4-6-16(7-5-14)21(26)19-20(15-8-10-17(24)11-9-15)25(23(28)22(19)27)13-18-3-2-12-29-18/h4-11,18,20,26H,2-3,12-13H2,1H3/t18-,20-/m0/s1. The molecule has 0 radical (unpaired) electrons. The van der Waals surface area contributed by atoms with Crippen LogP contribution in [0.25, 0.3) is 5.76 Å². The zero-order chi connectivity index (χ0) is 20.5. The number of benzene rings is 2. The molecular formula is C23H22BrNO4. The summed E-state index contributed by atoms with van der Waals surface area (Å²) in [5, 5.41) is 11.0. The Balaban J connectivity index is 1.81. The van der Waals surface area contributed by atoms with E-state index in [1.54, 1.807) is 17.0 Å². The number of amides is 1. The number of ether oxygens (including phenoxy) is 1. The first kappa shape index (κ1) is 19.9. The number of hydrogen-bond acceptors (Lipinski definition) is 4. The Morgan fingerprint density at radius 1 is 1.14 bits per heavy atom. The molecule has 2 atom stereocenters. The van der Waals surface area contributed by atoms with Crippen LogP contribution in [-0.4, -0.2) is 41.0 Å². The molecule has 150 valence electrons. The minimum absolute atomic E-state index is 0.0921. The molecule has 0 bridgehead atoms. The summed E-state index contributed by atoms with van der Waals surface area (Å²) in [6, 6.07) is 14.1. The van der Waals surface area contributed by atoms with Crippen LogP contribution in [0.4, 0.5) is 0 Å². The Morgan fingerprint density at radius 3 is 2.45 bits per heavy atom. The van der Waals surface area contributed by atoms with Crippen molar-refractivity contribution in [1.82, 2.24) is 4.90 Å². The Bertz CT molecular complexity index is 959. The third-order valence-corrected chi connectivity index (χ3v) is 6.00. The van der Waals surface area contributed by atoms with Gasteiger partial charge < -0.3 is 14.7 Å². The number of carbonyl (C=O) groups excluding carboxylic acids is 2. The second kappa shape index (κ2) is 8.13. The third kappa shape index (κ3) is 3.87. The number of aliphatic hydroxyl groups is 1. The van der Waals surface area contributed by atoms with Gasteiger partial charge in [0.05, 0.1) is 17.7 Å². The largest absolute Gasteiger partial charge is 0.507 e. The Hall–Kier alpha value is -2.44. The molecule has 2 heterocycles. The average Bonchev–Trinajstić information content (AvgIpc) is 3.31. The molecule has 6 heteroatoms. The predicted octanol–water partition coefficient (Wildman–Crippen LogP) is 4.36. The number of halogens is 1. The van der Waals surface area contributed by atoms with Crippen molar-refractivity contribution < 1.29 is 19.4 Å². The maximum atomic E-state index is 13.0. The second-order valence-corrected chi connectivity index (χ2v) is 8.42. The molecule has 5 nitrogen and oxygen atoms in total. The van der Waals surface area contributed by atoms with E-state index in [1.165, 1.54) is 0 Å².